The van der Waals surface area contributed by atoms with E-state index in [-0.39, 0.29) is 36.9 Å². The van der Waals surface area contributed by atoms with Crippen LogP contribution in [0.5, 0.6) is 0 Å². The van der Waals surface area contributed by atoms with Crippen molar-refractivity contribution in [1.29, 1.82) is 0 Å². The number of fused-ring (bicyclic) bond motifs is 1. The molecule has 1 heterocycles. The number of hydrogen-bond donors (Lipinski definition) is 4. The van der Waals surface area contributed by atoms with Gasteiger partial charge < -0.3 is 21.1 Å². The lowest BCUT2D eigenvalue weighted by Crippen LogP contribution is -2.39. The maximum Gasteiger partial charge on any atom is 0.416 e. The minimum Gasteiger partial charge on any atom is -0.395 e. The maximum absolute atomic E-state index is 13.0. The van der Waals surface area contributed by atoms with Gasteiger partial charge in [-0.3, -0.25) is 0 Å². The van der Waals surface area contributed by atoms with E-state index in [0.29, 0.717) is 6.54 Å². The molecule has 2 amide bonds. The normalized spacial score (nSPS) is 18.1. The van der Waals surface area contributed by atoms with Crippen LogP contribution in [-0.4, -0.2) is 37.4 Å². The highest BCUT2D eigenvalue weighted by Gasteiger charge is 2.33. The van der Waals surface area contributed by atoms with Gasteiger partial charge in [0.15, 0.2) is 0 Å². The van der Waals surface area contributed by atoms with Gasteiger partial charge in [0.25, 0.3) is 0 Å². The van der Waals surface area contributed by atoms with Crippen molar-refractivity contribution in [2.24, 2.45) is 11.8 Å². The number of alkyl halides is 3. The zero-order chi connectivity index (χ0) is 24.3. The van der Waals surface area contributed by atoms with E-state index >= 15 is 0 Å². The van der Waals surface area contributed by atoms with Crippen molar-refractivity contribution in [3.05, 3.63) is 65.7 Å². The topological polar surface area (TPSA) is 73.4 Å². The Morgan fingerprint density at radius 1 is 1.15 bits per heavy atom. The Hall–Kier alpha value is -2.74. The van der Waals surface area contributed by atoms with Crippen molar-refractivity contribution in [3.8, 4) is 0 Å². The largest absolute Gasteiger partial charge is 0.416 e. The first-order valence-corrected chi connectivity index (χ1v) is 11.3. The van der Waals surface area contributed by atoms with Crippen LogP contribution in [0.1, 0.15) is 43.7 Å². The van der Waals surface area contributed by atoms with Crippen molar-refractivity contribution in [1.82, 2.24) is 10.6 Å². The Balaban J connectivity index is 0.000000554. The van der Waals surface area contributed by atoms with Gasteiger partial charge in [0, 0.05) is 25.3 Å². The van der Waals surface area contributed by atoms with E-state index in [9.17, 15) is 18.0 Å². The van der Waals surface area contributed by atoms with Gasteiger partial charge in [0.2, 0.25) is 0 Å². The monoisotopic (exact) mass is 465 g/mol. The first-order valence-electron chi connectivity index (χ1n) is 11.3. The number of halogens is 3. The number of carbonyl (C=O) groups excluding carboxylic acids is 1. The smallest absolute Gasteiger partial charge is 0.395 e. The third-order valence-corrected chi connectivity index (χ3v) is 5.84. The minimum absolute atomic E-state index is 0.0385. The van der Waals surface area contributed by atoms with E-state index < -0.39 is 11.7 Å². The van der Waals surface area contributed by atoms with E-state index in [1.807, 2.05) is 50.2 Å². The average molecular weight is 466 g/mol. The van der Waals surface area contributed by atoms with Crippen LogP contribution >= 0.6 is 0 Å². The Labute approximate surface area is 193 Å². The molecule has 0 fully saturated rings. The molecule has 0 aliphatic carbocycles. The van der Waals surface area contributed by atoms with Gasteiger partial charge in [-0.05, 0) is 54.4 Å². The van der Waals surface area contributed by atoms with Crippen LogP contribution in [-0.2, 0) is 6.18 Å². The summed E-state index contributed by atoms with van der Waals surface area (Å²) in [7, 11) is 0. The van der Waals surface area contributed by atoms with Crippen LogP contribution in [0.2, 0.25) is 0 Å². The Morgan fingerprint density at radius 3 is 2.36 bits per heavy atom. The van der Waals surface area contributed by atoms with E-state index in [1.165, 1.54) is 12.1 Å². The molecule has 3 unspecified atom stereocenters. The standard InChI is InChI=1S/C19H28F3N3O2.C6H6/c1-12(10-25-18(27)23-7-8-26)3-4-14-11-24-17-6-5-15(19(20,21)22)9-16(17)13(14)2;1-2-4-6-5-3-1/h5-6,9,12-14,24,26H,3-4,7-8,10-11H2,1-2H3,(H2,23,25,27);1-6H. The molecule has 0 saturated carbocycles. The highest BCUT2D eigenvalue weighted by molar-refractivity contribution is 5.73. The molecule has 0 saturated heterocycles. The van der Waals surface area contributed by atoms with E-state index in [4.69, 9.17) is 5.11 Å². The summed E-state index contributed by atoms with van der Waals surface area (Å²) in [5, 5.41) is 17.2. The quantitative estimate of drug-likeness (QED) is 0.452. The zero-order valence-electron chi connectivity index (χ0n) is 19.2. The molecule has 0 aromatic heterocycles. The molecule has 3 atom stereocenters. The lowest BCUT2D eigenvalue weighted by Gasteiger charge is -2.33. The van der Waals surface area contributed by atoms with Crippen molar-refractivity contribution in [3.63, 3.8) is 0 Å². The SMILES string of the molecule is CC(CCC1CNc2ccc(C(F)(F)F)cc2C1C)CNC(=O)NCCO.c1ccccc1. The third-order valence-electron chi connectivity index (χ3n) is 5.84. The Morgan fingerprint density at radius 2 is 1.79 bits per heavy atom. The first kappa shape index (κ1) is 26.5. The lowest BCUT2D eigenvalue weighted by atomic mass is 9.79. The third kappa shape index (κ3) is 8.96. The number of rotatable bonds is 7. The number of carbonyl (C=O) groups is 1. The number of benzene rings is 2. The molecule has 182 valence electrons. The molecular formula is C25H34F3N3O2. The molecule has 5 nitrogen and oxygen atoms in total. The number of aliphatic hydroxyl groups excluding tert-OH is 1. The summed E-state index contributed by atoms with van der Waals surface area (Å²) < 4.78 is 39.0. The van der Waals surface area contributed by atoms with Crippen molar-refractivity contribution < 1.29 is 23.1 Å². The second-order valence-corrected chi connectivity index (χ2v) is 8.43. The molecule has 0 spiro atoms. The number of aliphatic hydroxyl groups is 1. The van der Waals surface area contributed by atoms with Gasteiger partial charge in [-0.1, -0.05) is 50.2 Å². The molecule has 2 aromatic rings. The van der Waals surface area contributed by atoms with Crippen LogP contribution in [0, 0.1) is 11.8 Å². The fraction of sp³-hybridized carbons (Fsp3) is 0.480. The molecule has 33 heavy (non-hydrogen) atoms. The number of hydrogen-bond acceptors (Lipinski definition) is 3. The molecule has 1 aliphatic heterocycles. The molecule has 4 N–H and O–H groups in total. The Kier molecular flexibility index (Phi) is 10.5. The fourth-order valence-corrected chi connectivity index (χ4v) is 3.79. The average Bonchev–Trinajstić information content (AvgIpc) is 2.81. The predicted molar refractivity (Wildman–Crippen MR) is 125 cm³/mol. The van der Waals surface area contributed by atoms with Crippen LogP contribution < -0.4 is 16.0 Å². The van der Waals surface area contributed by atoms with Crippen molar-refractivity contribution in [2.45, 2.75) is 38.8 Å². The van der Waals surface area contributed by atoms with E-state index in [2.05, 4.69) is 16.0 Å². The van der Waals surface area contributed by atoms with Crippen LogP contribution in [0.25, 0.3) is 0 Å². The molecule has 1 aliphatic rings. The molecule has 2 aromatic carbocycles. The summed E-state index contributed by atoms with van der Waals surface area (Å²) in [6.45, 7) is 5.37. The summed E-state index contributed by atoms with van der Waals surface area (Å²) in [6, 6.07) is 15.6. The maximum atomic E-state index is 13.0. The van der Waals surface area contributed by atoms with Crippen LogP contribution in [0.15, 0.2) is 54.6 Å². The second-order valence-electron chi connectivity index (χ2n) is 8.43. The number of anilines is 1. The van der Waals surface area contributed by atoms with Crippen molar-refractivity contribution >= 4 is 11.7 Å². The fourth-order valence-electron chi connectivity index (χ4n) is 3.79. The summed E-state index contributed by atoms with van der Waals surface area (Å²) in [5.41, 5.74) is 0.888. The number of nitrogens with one attached hydrogen (secondary N) is 3. The first-order chi connectivity index (χ1) is 15.7. The summed E-state index contributed by atoms with van der Waals surface area (Å²) in [4.78, 5) is 11.5. The van der Waals surface area contributed by atoms with Gasteiger partial charge in [-0.25, -0.2) is 4.79 Å². The molecule has 8 heteroatoms. The van der Waals surface area contributed by atoms with Crippen LogP contribution in [0.3, 0.4) is 0 Å². The molecular weight excluding hydrogens is 431 g/mol. The highest BCUT2D eigenvalue weighted by atomic mass is 19.4. The van der Waals surface area contributed by atoms with Gasteiger partial charge in [-0.15, -0.1) is 0 Å². The van der Waals surface area contributed by atoms with E-state index in [1.54, 1.807) is 0 Å². The molecule has 3 rings (SSSR count). The van der Waals surface area contributed by atoms with E-state index in [0.717, 1.165) is 36.7 Å². The highest BCUT2D eigenvalue weighted by Crippen LogP contribution is 2.40. The summed E-state index contributed by atoms with van der Waals surface area (Å²) in [6.07, 6.45) is -2.60. The van der Waals surface area contributed by atoms with Crippen LogP contribution in [0.4, 0.5) is 23.7 Å². The second kappa shape index (κ2) is 13.1. The number of amides is 2. The van der Waals surface area contributed by atoms with Gasteiger partial charge in [-0.2, -0.15) is 13.2 Å². The lowest BCUT2D eigenvalue weighted by molar-refractivity contribution is -0.137. The van der Waals surface area contributed by atoms with Gasteiger partial charge >= 0.3 is 12.2 Å². The number of urea groups is 1. The molecule has 0 bridgehead atoms. The zero-order valence-corrected chi connectivity index (χ0v) is 19.2. The molecule has 0 radical (unpaired) electrons. The Bertz CT molecular complexity index is 820. The predicted octanol–water partition coefficient (Wildman–Crippen LogP) is 5.25. The van der Waals surface area contributed by atoms with Gasteiger partial charge in [0.1, 0.15) is 0 Å². The minimum atomic E-state index is -4.33. The summed E-state index contributed by atoms with van der Waals surface area (Å²) >= 11 is 0. The van der Waals surface area contributed by atoms with Gasteiger partial charge in [0.05, 0.1) is 12.2 Å². The summed E-state index contributed by atoms with van der Waals surface area (Å²) in [5.74, 6) is 0.531. The van der Waals surface area contributed by atoms with Crippen molar-refractivity contribution in [2.75, 3.05) is 31.6 Å².